The first-order valence-electron chi connectivity index (χ1n) is 12.7. The lowest BCUT2D eigenvalue weighted by molar-refractivity contribution is -0.137. The summed E-state index contributed by atoms with van der Waals surface area (Å²) in [4.78, 5) is 27.8. The molecule has 9 heteroatoms. The number of rotatable bonds is 9. The summed E-state index contributed by atoms with van der Waals surface area (Å²) in [6, 6.07) is 15.5. The van der Waals surface area contributed by atoms with Gasteiger partial charge in [0.1, 0.15) is 5.78 Å². The van der Waals surface area contributed by atoms with Crippen LogP contribution < -0.4 is 14.8 Å². The molecule has 0 aromatic heterocycles. The largest absolute Gasteiger partial charge is 0.454 e. The van der Waals surface area contributed by atoms with Gasteiger partial charge in [0.2, 0.25) is 6.79 Å². The molecule has 1 heterocycles. The third-order valence-corrected chi connectivity index (χ3v) is 7.22. The van der Waals surface area contributed by atoms with Gasteiger partial charge in [-0.1, -0.05) is 24.3 Å². The summed E-state index contributed by atoms with van der Waals surface area (Å²) in [6.45, 7) is 1.28. The summed E-state index contributed by atoms with van der Waals surface area (Å²) in [5, 5.41) is 2.81. The van der Waals surface area contributed by atoms with Crippen molar-refractivity contribution in [3.63, 3.8) is 0 Å². The molecule has 5 rings (SSSR count). The standard InChI is InChI=1S/C30H29F3N2O4.H2/c1-35(2)12-11-34-28(37)21-5-3-20(4-6-21)22-13-19(14-24(16-22)30(31,32)33)15-27(36)29(9-10-29)23-7-8-25-26(17-23)39-18-38-25;/h3-8,13-14,16-17H,9-12,15,18H2,1-2H3,(H,34,37);1H. The van der Waals surface area contributed by atoms with Crippen LogP contribution in [0.1, 0.15) is 41.3 Å². The van der Waals surface area contributed by atoms with E-state index in [1.807, 2.05) is 25.1 Å². The van der Waals surface area contributed by atoms with E-state index in [4.69, 9.17) is 9.47 Å². The van der Waals surface area contributed by atoms with Crippen LogP contribution in [0.4, 0.5) is 13.2 Å². The van der Waals surface area contributed by atoms with E-state index in [1.54, 1.807) is 42.5 Å². The first-order chi connectivity index (χ1) is 18.5. The third kappa shape index (κ3) is 5.78. The third-order valence-electron chi connectivity index (χ3n) is 7.22. The molecule has 0 bridgehead atoms. The van der Waals surface area contributed by atoms with E-state index in [0.29, 0.717) is 59.7 Å². The van der Waals surface area contributed by atoms with Crippen molar-refractivity contribution >= 4 is 11.7 Å². The smallest absolute Gasteiger partial charge is 0.416 e. The van der Waals surface area contributed by atoms with Crippen molar-refractivity contribution in [1.29, 1.82) is 0 Å². The first-order valence-corrected chi connectivity index (χ1v) is 12.7. The maximum Gasteiger partial charge on any atom is 0.416 e. The van der Waals surface area contributed by atoms with E-state index in [0.717, 1.165) is 17.7 Å². The van der Waals surface area contributed by atoms with E-state index in [-0.39, 0.29) is 26.3 Å². The quantitative estimate of drug-likeness (QED) is 0.389. The van der Waals surface area contributed by atoms with Crippen molar-refractivity contribution < 1.29 is 33.7 Å². The summed E-state index contributed by atoms with van der Waals surface area (Å²) in [7, 11) is 3.80. The number of amides is 1. The van der Waals surface area contributed by atoms with Gasteiger partial charge in [0.25, 0.3) is 5.91 Å². The van der Waals surface area contributed by atoms with Gasteiger partial charge in [-0.2, -0.15) is 13.2 Å². The minimum Gasteiger partial charge on any atom is -0.454 e. The fourth-order valence-electron chi connectivity index (χ4n) is 4.84. The van der Waals surface area contributed by atoms with Crippen LogP contribution in [-0.4, -0.2) is 50.6 Å². The number of hydrogen-bond donors (Lipinski definition) is 1. The zero-order chi connectivity index (χ0) is 27.8. The molecule has 0 spiro atoms. The lowest BCUT2D eigenvalue weighted by Gasteiger charge is -2.17. The van der Waals surface area contributed by atoms with E-state index in [1.165, 1.54) is 0 Å². The maximum absolute atomic E-state index is 13.8. The van der Waals surface area contributed by atoms with Crippen LogP contribution in [0.2, 0.25) is 0 Å². The molecule has 0 unspecified atom stereocenters. The van der Waals surface area contributed by atoms with Crippen LogP contribution in [0.3, 0.4) is 0 Å². The normalized spacial score (nSPS) is 15.3. The van der Waals surface area contributed by atoms with Crippen molar-refractivity contribution in [2.24, 2.45) is 0 Å². The van der Waals surface area contributed by atoms with Crippen molar-refractivity contribution in [3.8, 4) is 22.6 Å². The molecule has 6 nitrogen and oxygen atoms in total. The van der Waals surface area contributed by atoms with Gasteiger partial charge in [-0.05, 0) is 85.6 Å². The number of ketones is 1. The predicted octanol–water partition coefficient (Wildman–Crippen LogP) is 5.48. The Hall–Kier alpha value is -3.85. The molecule has 0 saturated heterocycles. The number of carbonyl (C=O) groups is 2. The minimum absolute atomic E-state index is 0. The van der Waals surface area contributed by atoms with Crippen molar-refractivity contribution in [1.82, 2.24) is 10.2 Å². The molecule has 1 amide bonds. The predicted molar refractivity (Wildman–Crippen MR) is 142 cm³/mol. The number of carbonyl (C=O) groups excluding carboxylic acids is 2. The summed E-state index contributed by atoms with van der Waals surface area (Å²) in [6.07, 6.45) is -3.43. The Bertz CT molecular complexity index is 1400. The molecule has 1 fully saturated rings. The van der Waals surface area contributed by atoms with Gasteiger partial charge in [0.15, 0.2) is 11.5 Å². The minimum atomic E-state index is -4.57. The topological polar surface area (TPSA) is 67.9 Å². The second-order valence-corrected chi connectivity index (χ2v) is 10.3. The molecule has 206 valence electrons. The second kappa shape index (κ2) is 10.4. The highest BCUT2D eigenvalue weighted by Gasteiger charge is 2.51. The van der Waals surface area contributed by atoms with Gasteiger partial charge in [0, 0.05) is 26.5 Å². The number of alkyl halides is 3. The molecule has 1 aliphatic carbocycles. The lowest BCUT2D eigenvalue weighted by atomic mass is 9.86. The first kappa shape index (κ1) is 26.7. The molecule has 3 aromatic carbocycles. The highest BCUT2D eigenvalue weighted by Crippen LogP contribution is 2.51. The molecular weight excluding hydrogens is 509 g/mol. The van der Waals surface area contributed by atoms with Gasteiger partial charge in [0.05, 0.1) is 11.0 Å². The Kier molecular flexibility index (Phi) is 7.11. The van der Waals surface area contributed by atoms with E-state index < -0.39 is 17.2 Å². The fraction of sp³-hybridized carbons (Fsp3) is 0.333. The maximum atomic E-state index is 13.8. The van der Waals surface area contributed by atoms with Crippen molar-refractivity contribution in [2.45, 2.75) is 30.9 Å². The summed E-state index contributed by atoms with van der Waals surface area (Å²) < 4.78 is 52.2. The number of hydrogen-bond acceptors (Lipinski definition) is 5. The Morgan fingerprint density at radius 1 is 0.949 bits per heavy atom. The number of nitrogens with zero attached hydrogens (tertiary/aromatic N) is 1. The van der Waals surface area contributed by atoms with Crippen LogP contribution in [0, 0.1) is 0 Å². The molecular formula is C30H31F3N2O4. The summed E-state index contributed by atoms with van der Waals surface area (Å²) in [5.74, 6) is 0.803. The monoisotopic (exact) mass is 540 g/mol. The van der Waals surface area contributed by atoms with Crippen LogP contribution in [0.25, 0.3) is 11.1 Å². The number of ether oxygens (including phenoxy) is 2. The lowest BCUT2D eigenvalue weighted by Crippen LogP contribution is -2.31. The van der Waals surface area contributed by atoms with Gasteiger partial charge in [-0.3, -0.25) is 9.59 Å². The van der Waals surface area contributed by atoms with Crippen molar-refractivity contribution in [3.05, 3.63) is 82.9 Å². The van der Waals surface area contributed by atoms with Gasteiger partial charge in [-0.25, -0.2) is 0 Å². The van der Waals surface area contributed by atoms with Crippen LogP contribution in [0.15, 0.2) is 60.7 Å². The molecule has 39 heavy (non-hydrogen) atoms. The van der Waals surface area contributed by atoms with E-state index >= 15 is 0 Å². The molecule has 0 radical (unpaired) electrons. The molecule has 2 aliphatic rings. The zero-order valence-corrected chi connectivity index (χ0v) is 21.7. The molecule has 1 saturated carbocycles. The highest BCUT2D eigenvalue weighted by atomic mass is 19.4. The number of benzene rings is 3. The van der Waals surface area contributed by atoms with Gasteiger partial charge >= 0.3 is 6.18 Å². The Balaban J connectivity index is 0.00000370. The fourth-order valence-corrected chi connectivity index (χ4v) is 4.84. The Morgan fingerprint density at radius 2 is 1.67 bits per heavy atom. The second-order valence-electron chi connectivity index (χ2n) is 10.3. The van der Waals surface area contributed by atoms with Crippen molar-refractivity contribution in [2.75, 3.05) is 34.0 Å². The molecule has 1 aliphatic heterocycles. The highest BCUT2D eigenvalue weighted by molar-refractivity contribution is 5.95. The van der Waals surface area contributed by atoms with E-state index in [9.17, 15) is 22.8 Å². The van der Waals surface area contributed by atoms with Crippen LogP contribution >= 0.6 is 0 Å². The molecule has 3 aromatic rings. The van der Waals surface area contributed by atoms with Gasteiger partial charge in [-0.15, -0.1) is 0 Å². The molecule has 1 N–H and O–H groups in total. The number of likely N-dealkylation sites (N-methyl/N-ethyl adjacent to an activating group) is 1. The number of Topliss-reactive ketones (excluding diaryl/α,β-unsaturated/α-hetero) is 1. The molecule has 0 atom stereocenters. The van der Waals surface area contributed by atoms with Crippen LogP contribution in [0.5, 0.6) is 11.5 Å². The average molecular weight is 541 g/mol. The summed E-state index contributed by atoms with van der Waals surface area (Å²) in [5.41, 5.74) is 0.819. The SMILES string of the molecule is CN(C)CCNC(=O)c1ccc(-c2cc(CC(=O)C3(c4ccc5c(c4)OCO5)CC3)cc(C(F)(F)F)c2)cc1.[HH]. The Labute approximate surface area is 226 Å². The van der Waals surface area contributed by atoms with Crippen LogP contribution in [-0.2, 0) is 22.8 Å². The number of nitrogens with one attached hydrogen (secondary N) is 1. The van der Waals surface area contributed by atoms with Gasteiger partial charge < -0.3 is 19.7 Å². The van der Waals surface area contributed by atoms with E-state index in [2.05, 4.69) is 5.32 Å². The Morgan fingerprint density at radius 3 is 2.33 bits per heavy atom. The number of halogens is 3. The average Bonchev–Trinajstić information content (AvgIpc) is 3.58. The zero-order valence-electron chi connectivity index (χ0n) is 21.7. The summed E-state index contributed by atoms with van der Waals surface area (Å²) >= 11 is 0. The number of fused-ring (bicyclic) bond motifs is 1.